The number of nitrogens with one attached hydrogen (secondary N) is 3. The lowest BCUT2D eigenvalue weighted by atomic mass is 9.83. The van der Waals surface area contributed by atoms with Gasteiger partial charge in [-0.05, 0) is 81.8 Å². The van der Waals surface area contributed by atoms with Crippen LogP contribution >= 0.6 is 0 Å². The van der Waals surface area contributed by atoms with E-state index in [2.05, 4.69) is 28.0 Å². The van der Waals surface area contributed by atoms with Crippen molar-refractivity contribution in [2.75, 3.05) is 13.2 Å². The first kappa shape index (κ1) is 40.2. The molecule has 4 aliphatic rings. The third-order valence-corrected chi connectivity index (χ3v) is 13.1. The number of hydrogen-bond donors (Lipinski definition) is 3. The van der Waals surface area contributed by atoms with Gasteiger partial charge in [0.05, 0.1) is 23.9 Å². The zero-order valence-corrected chi connectivity index (χ0v) is 33.0. The highest BCUT2D eigenvalue weighted by atomic mass is 32.2. The molecule has 0 spiro atoms. The molecule has 3 N–H and O–H groups in total. The van der Waals surface area contributed by atoms with Crippen LogP contribution in [-0.2, 0) is 29.1 Å². The number of nitrogens with zero attached hydrogens (tertiary/aromatic N) is 2. The molecule has 2 aromatic rings. The fourth-order valence-electron chi connectivity index (χ4n) is 7.85. The van der Waals surface area contributed by atoms with Crippen molar-refractivity contribution in [3.8, 4) is 5.88 Å². The number of para-hydroxylation sites is 1. The zero-order valence-electron chi connectivity index (χ0n) is 32.2. The van der Waals surface area contributed by atoms with Gasteiger partial charge in [-0.15, -0.1) is 6.58 Å². The highest BCUT2D eigenvalue weighted by Gasteiger charge is 2.48. The van der Waals surface area contributed by atoms with Gasteiger partial charge < -0.3 is 25.0 Å². The Bertz CT molecular complexity index is 1920. The maximum Gasteiger partial charge on any atom is 0.407 e. The van der Waals surface area contributed by atoms with Crippen molar-refractivity contribution in [3.63, 3.8) is 0 Å². The summed E-state index contributed by atoms with van der Waals surface area (Å²) in [7, 11) is -3.92. The van der Waals surface area contributed by atoms with E-state index in [1.165, 1.54) is 17.9 Å². The molecule has 4 atom stereocenters. The smallest absolute Gasteiger partial charge is 0.407 e. The standard InChI is InChI=1S/C41H55N5O8S/c1-5-21-41(4,38(49)45-55(51,52)31-19-20-31)44-35(47)33-24-30-25-46(33)37(48)34(27-14-8-6-9-15-27)43-39(50)53-26-40(2,3)22-13-7-10-17-29-23-28-16-11-12-18-32(28)42-36(29)54-30/h5,10-12,16-18,23,27,30-31,33-34H,1,6-9,13-15,19-22,24-26H2,2-4H3,(H,43,50)(H,44,47)(H,45,49)/b17-10+/t30-,33+,34+,41-/m1/s1. The molecule has 2 aliphatic heterocycles. The summed E-state index contributed by atoms with van der Waals surface area (Å²) in [6, 6.07) is 7.63. The summed E-state index contributed by atoms with van der Waals surface area (Å²) in [5.41, 5.74) is -0.525. The fourth-order valence-corrected chi connectivity index (χ4v) is 9.25. The van der Waals surface area contributed by atoms with E-state index in [-0.39, 0.29) is 37.3 Å². The normalized spacial score (nSPS) is 25.8. The van der Waals surface area contributed by atoms with E-state index in [1.54, 1.807) is 0 Å². The Balaban J connectivity index is 1.36. The summed E-state index contributed by atoms with van der Waals surface area (Å²) in [5.74, 6) is -1.82. The third kappa shape index (κ3) is 9.86. The first-order valence-corrected chi connectivity index (χ1v) is 21.2. The monoisotopic (exact) mass is 777 g/mol. The maximum atomic E-state index is 14.8. The van der Waals surface area contributed by atoms with E-state index in [0.29, 0.717) is 18.7 Å². The number of benzene rings is 1. The van der Waals surface area contributed by atoms with E-state index in [0.717, 1.165) is 67.8 Å². The second-order valence-electron chi connectivity index (χ2n) is 16.6. The van der Waals surface area contributed by atoms with Crippen molar-refractivity contribution in [2.24, 2.45) is 11.3 Å². The average Bonchev–Trinajstić information content (AvgIpc) is 3.93. The largest absolute Gasteiger partial charge is 0.472 e. The molecule has 1 aromatic heterocycles. The molecule has 14 heteroatoms. The number of alkyl carbamates (subject to hydrolysis) is 1. The van der Waals surface area contributed by atoms with Crippen molar-refractivity contribution in [2.45, 2.75) is 127 Å². The number of carbonyl (C=O) groups excluding carboxylic acids is 4. The van der Waals surface area contributed by atoms with Crippen molar-refractivity contribution in [1.82, 2.24) is 25.2 Å². The van der Waals surface area contributed by atoms with Gasteiger partial charge >= 0.3 is 6.09 Å². The van der Waals surface area contributed by atoms with Crippen LogP contribution < -0.4 is 20.1 Å². The predicted molar refractivity (Wildman–Crippen MR) is 209 cm³/mol. The summed E-state index contributed by atoms with van der Waals surface area (Å²) < 4.78 is 40.0. The molecule has 13 nitrogen and oxygen atoms in total. The lowest BCUT2D eigenvalue weighted by Crippen LogP contribution is -2.62. The second kappa shape index (κ2) is 16.7. The van der Waals surface area contributed by atoms with Crippen molar-refractivity contribution in [1.29, 1.82) is 0 Å². The first-order valence-electron chi connectivity index (χ1n) is 19.6. The predicted octanol–water partition coefficient (Wildman–Crippen LogP) is 5.54. The van der Waals surface area contributed by atoms with Gasteiger partial charge in [0.15, 0.2) is 0 Å². The Hall–Kier alpha value is -4.46. The van der Waals surface area contributed by atoms with Gasteiger partial charge in [-0.3, -0.25) is 19.1 Å². The number of fused-ring (bicyclic) bond motifs is 4. The van der Waals surface area contributed by atoms with Crippen LogP contribution in [0.25, 0.3) is 17.0 Å². The van der Waals surface area contributed by atoms with Gasteiger partial charge in [0.2, 0.25) is 27.7 Å². The molecule has 4 amide bonds. The molecule has 298 valence electrons. The highest BCUT2D eigenvalue weighted by molar-refractivity contribution is 7.91. The quantitative estimate of drug-likeness (QED) is 0.291. The van der Waals surface area contributed by atoms with Gasteiger partial charge in [-0.25, -0.2) is 18.2 Å². The van der Waals surface area contributed by atoms with Crippen LogP contribution in [0.2, 0.25) is 0 Å². The maximum absolute atomic E-state index is 14.8. The van der Waals surface area contributed by atoms with Gasteiger partial charge in [0, 0.05) is 17.4 Å². The summed E-state index contributed by atoms with van der Waals surface area (Å²) in [6.45, 7) is 9.43. The summed E-state index contributed by atoms with van der Waals surface area (Å²) in [4.78, 5) is 62.5. The molecule has 1 aromatic carbocycles. The minimum Gasteiger partial charge on any atom is -0.472 e. The van der Waals surface area contributed by atoms with E-state index < -0.39 is 62.8 Å². The van der Waals surface area contributed by atoms with Crippen LogP contribution in [0.4, 0.5) is 4.79 Å². The van der Waals surface area contributed by atoms with Crippen LogP contribution in [0.5, 0.6) is 5.88 Å². The van der Waals surface area contributed by atoms with Crippen molar-refractivity contribution < 1.29 is 37.1 Å². The minimum atomic E-state index is -3.92. The number of rotatable bonds is 8. The number of aromatic nitrogens is 1. The Labute approximate surface area is 324 Å². The van der Waals surface area contributed by atoms with Crippen LogP contribution in [-0.4, -0.2) is 84.2 Å². The number of pyridine rings is 1. The molecule has 6 rings (SSSR count). The molecule has 2 saturated carbocycles. The first-order chi connectivity index (χ1) is 26.2. The SMILES string of the molecule is C=CC[C@@](C)(NC(=O)[C@@H]1C[C@@H]2CN1C(=O)[C@H](C1CCCCC1)NC(=O)OCC(C)(C)CCC/C=C/c1cc3ccccc3nc1O2)C(=O)NS(=O)(=O)C1CC1. The third-order valence-electron chi connectivity index (χ3n) is 11.3. The number of ether oxygens (including phenoxy) is 2. The van der Waals surface area contributed by atoms with E-state index in [9.17, 15) is 27.6 Å². The zero-order chi connectivity index (χ0) is 39.4. The van der Waals surface area contributed by atoms with Crippen molar-refractivity contribution in [3.05, 3.63) is 54.6 Å². The molecule has 2 bridgehead atoms. The second-order valence-corrected chi connectivity index (χ2v) is 18.6. The Morgan fingerprint density at radius 1 is 1.11 bits per heavy atom. The van der Waals surface area contributed by atoms with Gasteiger partial charge in [0.1, 0.15) is 23.7 Å². The number of cyclic esters (lactones) is 1. The summed E-state index contributed by atoms with van der Waals surface area (Å²) in [5, 5.41) is 5.96. The highest BCUT2D eigenvalue weighted by Crippen LogP contribution is 2.33. The number of hydrogen-bond acceptors (Lipinski definition) is 9. The number of allylic oxidation sites excluding steroid dienone is 1. The van der Waals surface area contributed by atoms with E-state index >= 15 is 0 Å². The van der Waals surface area contributed by atoms with Crippen LogP contribution in [0.15, 0.2) is 49.1 Å². The average molecular weight is 778 g/mol. The lowest BCUT2D eigenvalue weighted by molar-refractivity contribution is -0.142. The Kier molecular flexibility index (Phi) is 12.2. The molecule has 0 unspecified atom stereocenters. The lowest BCUT2D eigenvalue weighted by Gasteiger charge is -2.35. The van der Waals surface area contributed by atoms with E-state index in [1.807, 2.05) is 50.3 Å². The molecule has 55 heavy (non-hydrogen) atoms. The van der Waals surface area contributed by atoms with Crippen molar-refractivity contribution >= 4 is 50.8 Å². The number of sulfonamides is 1. The number of carbonyl (C=O) groups is 4. The molecular weight excluding hydrogens is 723 g/mol. The number of amides is 4. The molecule has 1 saturated heterocycles. The molecule has 0 radical (unpaired) electrons. The molecule has 3 heterocycles. The fraction of sp³-hybridized carbons (Fsp3) is 0.585. The summed E-state index contributed by atoms with van der Waals surface area (Å²) in [6.07, 6.45) is 11.7. The van der Waals surface area contributed by atoms with Crippen LogP contribution in [0.3, 0.4) is 0 Å². The van der Waals surface area contributed by atoms with Gasteiger partial charge in [0.25, 0.3) is 5.91 Å². The Morgan fingerprint density at radius 3 is 2.58 bits per heavy atom. The topological polar surface area (TPSA) is 173 Å². The van der Waals surface area contributed by atoms with E-state index in [4.69, 9.17) is 14.5 Å². The van der Waals surface area contributed by atoms with Crippen LogP contribution in [0.1, 0.15) is 103 Å². The molecule has 3 fully saturated rings. The summed E-state index contributed by atoms with van der Waals surface area (Å²) >= 11 is 0. The van der Waals surface area contributed by atoms with Crippen LogP contribution in [0, 0.1) is 11.3 Å². The molecular formula is C41H55N5O8S. The minimum absolute atomic E-state index is 0.00197. The van der Waals surface area contributed by atoms with Gasteiger partial charge in [-0.1, -0.05) is 69.5 Å². The Morgan fingerprint density at radius 2 is 1.85 bits per heavy atom. The molecule has 2 aliphatic carbocycles. The van der Waals surface area contributed by atoms with Gasteiger partial charge in [-0.2, -0.15) is 0 Å².